The SMILES string of the molecule is Cc1cc(C)c(Oc2nc(-c3ccc(Cl)cc3)ccc2C(=O)NS(=O)(=O)c2ccc[nH]c2=O)c(C)c1. The van der Waals surface area contributed by atoms with Crippen LogP contribution in [-0.4, -0.2) is 24.3 Å². The lowest BCUT2D eigenvalue weighted by Gasteiger charge is -2.16. The van der Waals surface area contributed by atoms with Crippen LogP contribution in [-0.2, 0) is 10.0 Å². The van der Waals surface area contributed by atoms with Crippen molar-refractivity contribution in [3.05, 3.63) is 104 Å². The van der Waals surface area contributed by atoms with Gasteiger partial charge in [0.05, 0.1) is 5.69 Å². The monoisotopic (exact) mass is 523 g/mol. The van der Waals surface area contributed by atoms with E-state index in [9.17, 15) is 18.0 Å². The van der Waals surface area contributed by atoms with Crippen LogP contribution in [0.2, 0.25) is 5.02 Å². The predicted octanol–water partition coefficient (Wildman–Crippen LogP) is 4.93. The fourth-order valence-electron chi connectivity index (χ4n) is 3.75. The Hall–Kier alpha value is -3.95. The average molecular weight is 524 g/mol. The molecule has 2 heterocycles. The number of nitrogens with one attached hydrogen (secondary N) is 2. The number of carbonyl (C=O) groups excluding carboxylic acids is 1. The minimum Gasteiger partial charge on any atom is -0.438 e. The number of sulfonamides is 1. The van der Waals surface area contributed by atoms with E-state index in [-0.39, 0.29) is 11.4 Å². The minimum atomic E-state index is -4.46. The van der Waals surface area contributed by atoms with Gasteiger partial charge in [0.2, 0.25) is 5.88 Å². The molecule has 0 atom stereocenters. The second kappa shape index (κ2) is 9.96. The molecule has 0 aliphatic rings. The number of halogens is 1. The van der Waals surface area contributed by atoms with E-state index in [0.717, 1.165) is 28.3 Å². The summed E-state index contributed by atoms with van der Waals surface area (Å²) in [5.74, 6) is -0.587. The quantitative estimate of drug-likeness (QED) is 0.370. The summed E-state index contributed by atoms with van der Waals surface area (Å²) in [5, 5.41) is 0.554. The molecule has 0 aliphatic heterocycles. The lowest BCUT2D eigenvalue weighted by Crippen LogP contribution is -2.34. The number of pyridine rings is 2. The van der Waals surface area contributed by atoms with Crippen LogP contribution < -0.4 is 15.0 Å². The van der Waals surface area contributed by atoms with Crippen molar-refractivity contribution in [3.8, 4) is 22.9 Å². The Labute approximate surface area is 213 Å². The van der Waals surface area contributed by atoms with Gasteiger partial charge in [0.1, 0.15) is 11.3 Å². The van der Waals surface area contributed by atoms with Gasteiger partial charge in [-0.05, 0) is 68.3 Å². The van der Waals surface area contributed by atoms with Crippen LogP contribution in [0.25, 0.3) is 11.3 Å². The Bertz CT molecular complexity index is 1610. The number of hydrogen-bond donors (Lipinski definition) is 2. The van der Waals surface area contributed by atoms with Crippen molar-refractivity contribution >= 4 is 27.5 Å². The number of amides is 1. The first-order valence-corrected chi connectivity index (χ1v) is 12.7. The molecule has 0 spiro atoms. The number of aryl methyl sites for hydroxylation is 3. The highest BCUT2D eigenvalue weighted by atomic mass is 35.5. The van der Waals surface area contributed by atoms with Crippen molar-refractivity contribution in [3.63, 3.8) is 0 Å². The molecule has 1 amide bonds. The minimum absolute atomic E-state index is 0.0906. The van der Waals surface area contributed by atoms with Crippen molar-refractivity contribution < 1.29 is 17.9 Å². The number of rotatable bonds is 6. The fraction of sp³-hybridized carbons (Fsp3) is 0.115. The Morgan fingerprint density at radius 3 is 2.31 bits per heavy atom. The van der Waals surface area contributed by atoms with Gasteiger partial charge in [0.25, 0.3) is 21.5 Å². The molecule has 36 heavy (non-hydrogen) atoms. The van der Waals surface area contributed by atoms with Crippen molar-refractivity contribution in [2.75, 3.05) is 0 Å². The smallest absolute Gasteiger partial charge is 0.270 e. The van der Waals surface area contributed by atoms with Gasteiger partial charge in [-0.15, -0.1) is 0 Å². The van der Waals surface area contributed by atoms with Crippen LogP contribution >= 0.6 is 11.6 Å². The van der Waals surface area contributed by atoms with Crippen molar-refractivity contribution in [1.82, 2.24) is 14.7 Å². The molecular weight excluding hydrogens is 502 g/mol. The van der Waals surface area contributed by atoms with E-state index >= 15 is 0 Å². The molecular formula is C26H22ClN3O5S. The van der Waals surface area contributed by atoms with E-state index in [0.29, 0.717) is 16.5 Å². The molecule has 0 bridgehead atoms. The summed E-state index contributed by atoms with van der Waals surface area (Å²) in [6, 6.07) is 16.2. The molecule has 0 aliphatic carbocycles. The third-order valence-corrected chi connectivity index (χ3v) is 6.95. The molecule has 0 fully saturated rings. The summed E-state index contributed by atoms with van der Waals surface area (Å²) < 4.78 is 33.5. The van der Waals surface area contributed by atoms with Gasteiger partial charge in [-0.3, -0.25) is 9.59 Å². The molecule has 2 aromatic carbocycles. The molecule has 4 aromatic rings. The van der Waals surface area contributed by atoms with Gasteiger partial charge < -0.3 is 9.72 Å². The Morgan fingerprint density at radius 2 is 1.67 bits per heavy atom. The fourth-order valence-corrected chi connectivity index (χ4v) is 4.90. The molecule has 0 radical (unpaired) electrons. The van der Waals surface area contributed by atoms with Crippen LogP contribution in [0.4, 0.5) is 0 Å². The number of ether oxygens (including phenoxy) is 1. The van der Waals surface area contributed by atoms with Crippen LogP contribution in [0.5, 0.6) is 11.6 Å². The van der Waals surface area contributed by atoms with Gasteiger partial charge in [-0.2, -0.15) is 0 Å². The normalized spacial score (nSPS) is 11.2. The van der Waals surface area contributed by atoms with Crippen molar-refractivity contribution in [1.29, 1.82) is 0 Å². The molecule has 4 rings (SSSR count). The number of benzene rings is 2. The molecule has 184 valence electrons. The summed E-state index contributed by atoms with van der Waals surface area (Å²) in [4.78, 5) is 31.3. The zero-order chi connectivity index (χ0) is 26.0. The first kappa shape index (κ1) is 25.2. The molecule has 0 unspecified atom stereocenters. The highest BCUT2D eigenvalue weighted by molar-refractivity contribution is 7.90. The summed E-state index contributed by atoms with van der Waals surface area (Å²) in [5.41, 5.74) is 2.92. The second-order valence-electron chi connectivity index (χ2n) is 8.18. The number of H-pyrrole nitrogens is 1. The van der Waals surface area contributed by atoms with E-state index < -0.39 is 26.4 Å². The van der Waals surface area contributed by atoms with E-state index in [1.54, 1.807) is 30.3 Å². The van der Waals surface area contributed by atoms with Crippen molar-refractivity contribution in [2.45, 2.75) is 25.7 Å². The molecule has 8 nitrogen and oxygen atoms in total. The average Bonchev–Trinajstić information content (AvgIpc) is 2.81. The topological polar surface area (TPSA) is 118 Å². The van der Waals surface area contributed by atoms with Crippen molar-refractivity contribution in [2.24, 2.45) is 0 Å². The maximum absolute atomic E-state index is 13.1. The largest absolute Gasteiger partial charge is 0.438 e. The number of nitrogens with zero attached hydrogens (tertiary/aromatic N) is 1. The van der Waals surface area contributed by atoms with Crippen LogP contribution in [0.3, 0.4) is 0 Å². The molecule has 10 heteroatoms. The van der Waals surface area contributed by atoms with Gasteiger partial charge in [0, 0.05) is 16.8 Å². The van der Waals surface area contributed by atoms with Crippen LogP contribution in [0.1, 0.15) is 27.0 Å². The zero-order valence-electron chi connectivity index (χ0n) is 19.6. The Morgan fingerprint density at radius 1 is 1.00 bits per heavy atom. The maximum Gasteiger partial charge on any atom is 0.270 e. The zero-order valence-corrected chi connectivity index (χ0v) is 21.2. The first-order valence-electron chi connectivity index (χ1n) is 10.8. The highest BCUT2D eigenvalue weighted by Gasteiger charge is 2.25. The van der Waals surface area contributed by atoms with E-state index in [4.69, 9.17) is 16.3 Å². The van der Waals surface area contributed by atoms with E-state index in [2.05, 4.69) is 9.97 Å². The van der Waals surface area contributed by atoms with E-state index in [1.807, 2.05) is 37.6 Å². The maximum atomic E-state index is 13.1. The summed E-state index contributed by atoms with van der Waals surface area (Å²) in [6.07, 6.45) is 1.29. The van der Waals surface area contributed by atoms with Gasteiger partial charge in [-0.1, -0.05) is 41.4 Å². The molecule has 0 saturated heterocycles. The van der Waals surface area contributed by atoms with Crippen LogP contribution in [0.15, 0.2) is 76.6 Å². The Balaban J connectivity index is 1.79. The number of aromatic amines is 1. The Kier molecular flexibility index (Phi) is 6.96. The number of aromatic nitrogens is 2. The van der Waals surface area contributed by atoms with Gasteiger partial charge in [0.15, 0.2) is 4.90 Å². The molecule has 2 N–H and O–H groups in total. The van der Waals surface area contributed by atoms with Gasteiger partial charge in [-0.25, -0.2) is 18.1 Å². The summed E-state index contributed by atoms with van der Waals surface area (Å²) in [6.45, 7) is 5.69. The number of hydrogen-bond acceptors (Lipinski definition) is 6. The van der Waals surface area contributed by atoms with Gasteiger partial charge >= 0.3 is 0 Å². The third-order valence-electron chi connectivity index (χ3n) is 5.35. The van der Waals surface area contributed by atoms with E-state index in [1.165, 1.54) is 18.3 Å². The lowest BCUT2D eigenvalue weighted by molar-refractivity contribution is 0.0978. The molecule has 2 aromatic heterocycles. The highest BCUT2D eigenvalue weighted by Crippen LogP contribution is 2.32. The first-order chi connectivity index (χ1) is 17.0. The standard InChI is InChI=1S/C26H22ClN3O5S/c1-15-13-16(2)23(17(3)14-15)35-26-20(10-11-21(29-26)18-6-8-19(27)9-7-18)24(31)30-36(33,34)22-5-4-12-28-25(22)32/h4-14H,1-3H3,(H,28,32)(H,30,31). The van der Waals surface area contributed by atoms with Crippen LogP contribution in [0, 0.1) is 20.8 Å². The predicted molar refractivity (Wildman–Crippen MR) is 137 cm³/mol. The second-order valence-corrected chi connectivity index (χ2v) is 10.3. The summed E-state index contributed by atoms with van der Waals surface area (Å²) in [7, 11) is -4.46. The number of carbonyl (C=O) groups is 1. The molecule has 0 saturated carbocycles. The summed E-state index contributed by atoms with van der Waals surface area (Å²) >= 11 is 6.00. The lowest BCUT2D eigenvalue weighted by atomic mass is 10.1. The third kappa shape index (κ3) is 5.32.